The SMILES string of the molecule is CC(C)Oc1ccc(C(=O)N[C@@H](C)c2ccc(F)cc2)cc1. The number of halogens is 1. The van der Waals surface area contributed by atoms with E-state index in [0.717, 1.165) is 11.3 Å². The van der Waals surface area contributed by atoms with E-state index >= 15 is 0 Å². The van der Waals surface area contributed by atoms with Crippen LogP contribution < -0.4 is 10.1 Å². The zero-order valence-electron chi connectivity index (χ0n) is 13.0. The molecule has 1 N–H and O–H groups in total. The normalized spacial score (nSPS) is 12.0. The van der Waals surface area contributed by atoms with E-state index < -0.39 is 0 Å². The lowest BCUT2D eigenvalue weighted by atomic mass is 10.1. The van der Waals surface area contributed by atoms with Crippen molar-refractivity contribution in [2.24, 2.45) is 0 Å². The van der Waals surface area contributed by atoms with Crippen molar-refractivity contribution >= 4 is 5.91 Å². The topological polar surface area (TPSA) is 38.3 Å². The highest BCUT2D eigenvalue weighted by molar-refractivity contribution is 5.94. The number of benzene rings is 2. The molecule has 0 fully saturated rings. The van der Waals surface area contributed by atoms with Crippen LogP contribution in [0.15, 0.2) is 48.5 Å². The lowest BCUT2D eigenvalue weighted by molar-refractivity contribution is 0.0940. The number of nitrogens with one attached hydrogen (secondary N) is 1. The Bertz CT molecular complexity index is 621. The Morgan fingerprint density at radius 2 is 1.59 bits per heavy atom. The van der Waals surface area contributed by atoms with Crippen LogP contribution in [0.2, 0.25) is 0 Å². The second-order valence-electron chi connectivity index (χ2n) is 5.44. The number of hydrogen-bond donors (Lipinski definition) is 1. The van der Waals surface area contributed by atoms with Crippen LogP contribution in [0.3, 0.4) is 0 Å². The van der Waals surface area contributed by atoms with Crippen molar-refractivity contribution in [1.82, 2.24) is 5.32 Å². The highest BCUT2D eigenvalue weighted by Gasteiger charge is 2.11. The molecule has 0 radical (unpaired) electrons. The summed E-state index contributed by atoms with van der Waals surface area (Å²) < 4.78 is 18.4. The molecule has 0 aromatic heterocycles. The van der Waals surface area contributed by atoms with Gasteiger partial charge >= 0.3 is 0 Å². The quantitative estimate of drug-likeness (QED) is 0.902. The molecule has 0 saturated carbocycles. The van der Waals surface area contributed by atoms with Crippen molar-refractivity contribution in [3.05, 3.63) is 65.5 Å². The van der Waals surface area contributed by atoms with Gasteiger partial charge in [-0.3, -0.25) is 4.79 Å². The summed E-state index contributed by atoms with van der Waals surface area (Å²) in [6, 6.07) is 12.9. The fourth-order valence-electron chi connectivity index (χ4n) is 2.07. The van der Waals surface area contributed by atoms with E-state index in [1.165, 1.54) is 12.1 Å². The average Bonchev–Trinajstić information content (AvgIpc) is 2.48. The minimum absolute atomic E-state index is 0.0955. The second kappa shape index (κ2) is 7.07. The van der Waals surface area contributed by atoms with E-state index in [0.29, 0.717) is 5.56 Å². The fourth-order valence-corrected chi connectivity index (χ4v) is 2.07. The minimum Gasteiger partial charge on any atom is -0.491 e. The summed E-state index contributed by atoms with van der Waals surface area (Å²) in [5, 5.41) is 2.89. The summed E-state index contributed by atoms with van der Waals surface area (Å²) in [6.07, 6.45) is 0.0955. The highest BCUT2D eigenvalue weighted by Crippen LogP contribution is 2.16. The van der Waals surface area contributed by atoms with E-state index in [1.807, 2.05) is 20.8 Å². The zero-order chi connectivity index (χ0) is 16.1. The van der Waals surface area contributed by atoms with Gasteiger partial charge in [0.25, 0.3) is 5.91 Å². The Morgan fingerprint density at radius 3 is 2.14 bits per heavy atom. The molecule has 1 atom stereocenters. The first-order chi connectivity index (χ1) is 10.5. The highest BCUT2D eigenvalue weighted by atomic mass is 19.1. The summed E-state index contributed by atoms with van der Waals surface area (Å²) in [5.74, 6) is 0.272. The largest absolute Gasteiger partial charge is 0.491 e. The van der Waals surface area contributed by atoms with Crippen LogP contribution in [0.5, 0.6) is 5.75 Å². The van der Waals surface area contributed by atoms with Gasteiger partial charge in [0, 0.05) is 5.56 Å². The minimum atomic E-state index is -0.289. The Balaban J connectivity index is 2.00. The van der Waals surface area contributed by atoms with Gasteiger partial charge in [-0.25, -0.2) is 4.39 Å². The van der Waals surface area contributed by atoms with Crippen molar-refractivity contribution in [3.8, 4) is 5.75 Å². The van der Waals surface area contributed by atoms with E-state index in [1.54, 1.807) is 36.4 Å². The van der Waals surface area contributed by atoms with Crippen molar-refractivity contribution in [2.75, 3.05) is 0 Å². The van der Waals surface area contributed by atoms with Gasteiger partial charge < -0.3 is 10.1 Å². The molecule has 2 aromatic rings. The van der Waals surface area contributed by atoms with Gasteiger partial charge in [-0.1, -0.05) is 12.1 Å². The van der Waals surface area contributed by atoms with E-state index in [4.69, 9.17) is 4.74 Å². The number of carbonyl (C=O) groups excluding carboxylic acids is 1. The third-order valence-corrected chi connectivity index (χ3v) is 3.21. The number of rotatable bonds is 5. The predicted octanol–water partition coefficient (Wildman–Crippen LogP) is 4.10. The molecule has 3 nitrogen and oxygen atoms in total. The standard InChI is InChI=1S/C18H20FNO2/c1-12(2)22-17-10-6-15(7-11-17)18(21)20-13(3)14-4-8-16(19)9-5-14/h4-13H,1-3H3,(H,20,21)/t13-/m0/s1. The maximum Gasteiger partial charge on any atom is 0.251 e. The third-order valence-electron chi connectivity index (χ3n) is 3.21. The Morgan fingerprint density at radius 1 is 1.00 bits per heavy atom. The molecule has 0 aliphatic heterocycles. The van der Waals surface area contributed by atoms with Crippen molar-refractivity contribution in [3.63, 3.8) is 0 Å². The zero-order valence-corrected chi connectivity index (χ0v) is 13.0. The maximum absolute atomic E-state index is 12.9. The number of carbonyl (C=O) groups is 1. The lowest BCUT2D eigenvalue weighted by Crippen LogP contribution is -2.26. The molecule has 0 aliphatic carbocycles. The Hall–Kier alpha value is -2.36. The molecule has 2 aromatic carbocycles. The van der Waals surface area contributed by atoms with Crippen molar-refractivity contribution in [1.29, 1.82) is 0 Å². The lowest BCUT2D eigenvalue weighted by Gasteiger charge is -2.15. The molecule has 0 spiro atoms. The summed E-state index contributed by atoms with van der Waals surface area (Å²) in [5.41, 5.74) is 1.42. The van der Waals surface area contributed by atoms with E-state index in [2.05, 4.69) is 5.32 Å². The molecule has 0 heterocycles. The van der Waals surface area contributed by atoms with Crippen molar-refractivity contribution < 1.29 is 13.9 Å². The van der Waals surface area contributed by atoms with Crippen LogP contribution in [0.25, 0.3) is 0 Å². The summed E-state index contributed by atoms with van der Waals surface area (Å²) in [7, 11) is 0. The Kier molecular flexibility index (Phi) is 5.15. The first kappa shape index (κ1) is 16.0. The fraction of sp³-hybridized carbons (Fsp3) is 0.278. The van der Waals surface area contributed by atoms with Crippen LogP contribution in [0.4, 0.5) is 4.39 Å². The predicted molar refractivity (Wildman–Crippen MR) is 84.5 cm³/mol. The van der Waals surface area contributed by atoms with Crippen LogP contribution in [-0.2, 0) is 0 Å². The molecule has 22 heavy (non-hydrogen) atoms. The van der Waals surface area contributed by atoms with Crippen LogP contribution >= 0.6 is 0 Å². The Labute approximate surface area is 130 Å². The van der Waals surface area contributed by atoms with Crippen LogP contribution in [-0.4, -0.2) is 12.0 Å². The van der Waals surface area contributed by atoms with Crippen LogP contribution in [0.1, 0.15) is 42.7 Å². The maximum atomic E-state index is 12.9. The smallest absolute Gasteiger partial charge is 0.251 e. The van der Waals surface area contributed by atoms with Crippen molar-refractivity contribution in [2.45, 2.75) is 32.9 Å². The molecule has 0 aliphatic rings. The molecular formula is C18H20FNO2. The van der Waals surface area contributed by atoms with Gasteiger partial charge in [-0.05, 0) is 62.7 Å². The monoisotopic (exact) mass is 301 g/mol. The molecule has 0 saturated heterocycles. The molecular weight excluding hydrogens is 281 g/mol. The summed E-state index contributed by atoms with van der Waals surface area (Å²) >= 11 is 0. The molecule has 0 unspecified atom stereocenters. The number of ether oxygens (including phenoxy) is 1. The first-order valence-electron chi connectivity index (χ1n) is 7.29. The number of hydrogen-bond acceptors (Lipinski definition) is 2. The molecule has 116 valence electrons. The number of amides is 1. The first-order valence-corrected chi connectivity index (χ1v) is 7.29. The van der Waals surface area contributed by atoms with Gasteiger partial charge in [0.05, 0.1) is 12.1 Å². The van der Waals surface area contributed by atoms with Gasteiger partial charge in [-0.2, -0.15) is 0 Å². The van der Waals surface area contributed by atoms with E-state index in [9.17, 15) is 9.18 Å². The average molecular weight is 301 g/mol. The second-order valence-corrected chi connectivity index (χ2v) is 5.44. The molecule has 0 bridgehead atoms. The van der Waals surface area contributed by atoms with Gasteiger partial charge in [0.15, 0.2) is 0 Å². The summed E-state index contributed by atoms with van der Waals surface area (Å²) in [4.78, 5) is 12.2. The van der Waals surface area contributed by atoms with Gasteiger partial charge in [-0.15, -0.1) is 0 Å². The molecule has 4 heteroatoms. The van der Waals surface area contributed by atoms with Crippen LogP contribution in [0, 0.1) is 5.82 Å². The van der Waals surface area contributed by atoms with Gasteiger partial charge in [0.2, 0.25) is 0 Å². The third kappa shape index (κ3) is 4.32. The van der Waals surface area contributed by atoms with Gasteiger partial charge in [0.1, 0.15) is 11.6 Å². The summed E-state index contributed by atoms with van der Waals surface area (Å²) in [6.45, 7) is 5.76. The molecule has 2 rings (SSSR count). The molecule has 1 amide bonds. The van der Waals surface area contributed by atoms with E-state index in [-0.39, 0.29) is 23.9 Å².